The maximum atomic E-state index is 12.0. The summed E-state index contributed by atoms with van der Waals surface area (Å²) < 4.78 is 10.5. The Morgan fingerprint density at radius 2 is 1.78 bits per heavy atom. The molecule has 0 saturated heterocycles. The Bertz CT molecular complexity index is 538. The van der Waals surface area contributed by atoms with Crippen LogP contribution >= 0.6 is 11.8 Å². The van der Waals surface area contributed by atoms with E-state index in [2.05, 4.69) is 24.0 Å². The number of carbonyl (C=O) groups excluding carboxylic acids is 2. The summed E-state index contributed by atoms with van der Waals surface area (Å²) in [7, 11) is 0. The first-order valence-corrected chi connectivity index (χ1v) is 9.95. The Hall–Kier alpha value is -1.79. The minimum absolute atomic E-state index is 0.243. The van der Waals surface area contributed by atoms with Gasteiger partial charge in [-0.15, -0.1) is 0 Å². The molecular weight excluding hydrogens is 368 g/mol. The highest BCUT2D eigenvalue weighted by Gasteiger charge is 2.19. The van der Waals surface area contributed by atoms with E-state index in [0.29, 0.717) is 25.5 Å². The number of rotatable bonds is 13. The highest BCUT2D eigenvalue weighted by molar-refractivity contribution is 6.14. The van der Waals surface area contributed by atoms with E-state index in [4.69, 9.17) is 21.3 Å². The molecular formula is C20H31ClN2O4. The molecule has 0 aliphatic heterocycles. The van der Waals surface area contributed by atoms with Gasteiger partial charge in [-0.1, -0.05) is 57.0 Å². The van der Waals surface area contributed by atoms with E-state index in [-0.39, 0.29) is 12.6 Å². The van der Waals surface area contributed by atoms with Gasteiger partial charge in [0.2, 0.25) is 0 Å². The lowest BCUT2D eigenvalue weighted by atomic mass is 10.1. The van der Waals surface area contributed by atoms with Crippen LogP contribution in [0.1, 0.15) is 51.5 Å². The second kappa shape index (κ2) is 14.3. The lowest BCUT2D eigenvalue weighted by Crippen LogP contribution is -2.34. The fraction of sp³-hybridized carbons (Fsp3) is 0.600. The van der Waals surface area contributed by atoms with Gasteiger partial charge in [0.1, 0.15) is 12.6 Å². The smallest absolute Gasteiger partial charge is 0.407 e. The number of nitrogens with one attached hydrogen (secondary N) is 2. The zero-order valence-electron chi connectivity index (χ0n) is 16.2. The topological polar surface area (TPSA) is 76.7 Å². The average Bonchev–Trinajstić information content (AvgIpc) is 2.70. The molecule has 0 aliphatic rings. The highest BCUT2D eigenvalue weighted by Crippen LogP contribution is 2.10. The lowest BCUT2D eigenvalue weighted by Gasteiger charge is -2.17. The molecule has 0 bridgehead atoms. The molecule has 0 spiro atoms. The maximum absolute atomic E-state index is 12.0. The summed E-state index contributed by atoms with van der Waals surface area (Å²) in [5, 5.41) is 2.70. The van der Waals surface area contributed by atoms with Gasteiger partial charge in [-0.05, 0) is 42.5 Å². The van der Waals surface area contributed by atoms with E-state index in [1.807, 2.05) is 30.3 Å². The SMILES string of the molecule is CCC(CC)COC(=O)[C@H](CCCCNC(=O)OCc1ccccc1)NCl. The average molecular weight is 399 g/mol. The first-order valence-electron chi connectivity index (χ1n) is 9.58. The molecule has 1 rings (SSSR count). The van der Waals surface area contributed by atoms with Crippen LogP contribution in [0.2, 0.25) is 0 Å². The molecule has 6 nitrogen and oxygen atoms in total. The van der Waals surface area contributed by atoms with E-state index < -0.39 is 12.1 Å². The maximum Gasteiger partial charge on any atom is 0.407 e. The van der Waals surface area contributed by atoms with Gasteiger partial charge in [0.15, 0.2) is 0 Å². The third kappa shape index (κ3) is 10.2. The Balaban J connectivity index is 2.14. The normalized spacial score (nSPS) is 11.9. The largest absolute Gasteiger partial charge is 0.464 e. The summed E-state index contributed by atoms with van der Waals surface area (Å²) in [6.45, 7) is 5.31. The van der Waals surface area contributed by atoms with Crippen molar-refractivity contribution in [3.05, 3.63) is 35.9 Å². The predicted octanol–water partition coefficient (Wildman–Crippen LogP) is 4.17. The van der Waals surface area contributed by atoms with Gasteiger partial charge in [0, 0.05) is 6.54 Å². The fourth-order valence-corrected chi connectivity index (χ4v) is 2.68. The number of amides is 1. The third-order valence-electron chi connectivity index (χ3n) is 4.43. The van der Waals surface area contributed by atoms with Gasteiger partial charge >= 0.3 is 12.1 Å². The zero-order valence-corrected chi connectivity index (χ0v) is 17.0. The summed E-state index contributed by atoms with van der Waals surface area (Å²) in [6.07, 6.45) is 3.50. The zero-order chi connectivity index (χ0) is 19.9. The van der Waals surface area contributed by atoms with Crippen LogP contribution in [0.25, 0.3) is 0 Å². The summed E-state index contributed by atoms with van der Waals surface area (Å²) >= 11 is 5.67. The number of ether oxygens (including phenoxy) is 2. The van der Waals surface area contributed by atoms with Crippen LogP contribution in [0.3, 0.4) is 0 Å². The number of hydrogen-bond acceptors (Lipinski definition) is 5. The molecule has 0 aromatic heterocycles. The van der Waals surface area contributed by atoms with Gasteiger partial charge in [-0.3, -0.25) is 4.79 Å². The lowest BCUT2D eigenvalue weighted by molar-refractivity contribution is -0.147. The van der Waals surface area contributed by atoms with Crippen LogP contribution in [-0.4, -0.2) is 31.3 Å². The van der Waals surface area contributed by atoms with Crippen molar-refractivity contribution in [3.8, 4) is 0 Å². The van der Waals surface area contributed by atoms with Crippen molar-refractivity contribution in [2.24, 2.45) is 5.92 Å². The van der Waals surface area contributed by atoms with Crippen molar-refractivity contribution in [2.75, 3.05) is 13.2 Å². The molecule has 1 atom stereocenters. The predicted molar refractivity (Wildman–Crippen MR) is 106 cm³/mol. The van der Waals surface area contributed by atoms with Crippen LogP contribution < -0.4 is 10.2 Å². The standard InChI is InChI=1S/C20H31ClN2O4/c1-3-16(4-2)14-26-19(24)18(23-21)12-8-9-13-22-20(25)27-15-17-10-6-5-7-11-17/h5-7,10-11,16,18,23H,3-4,8-9,12-15H2,1-2H3,(H,22,25)/t18-/m0/s1. The summed E-state index contributed by atoms with van der Waals surface area (Å²) in [4.78, 5) is 26.2. The first-order chi connectivity index (χ1) is 13.1. The molecule has 0 heterocycles. The van der Waals surface area contributed by atoms with Crippen LogP contribution in [0.5, 0.6) is 0 Å². The molecule has 1 aromatic rings. The van der Waals surface area contributed by atoms with E-state index in [1.165, 1.54) is 0 Å². The molecule has 7 heteroatoms. The quantitative estimate of drug-likeness (QED) is 0.296. The van der Waals surface area contributed by atoms with Crippen LogP contribution in [-0.2, 0) is 20.9 Å². The van der Waals surface area contributed by atoms with Crippen molar-refractivity contribution in [1.82, 2.24) is 10.2 Å². The van der Waals surface area contributed by atoms with Gasteiger partial charge in [0.05, 0.1) is 6.61 Å². The van der Waals surface area contributed by atoms with E-state index in [9.17, 15) is 9.59 Å². The number of carbonyl (C=O) groups is 2. The Morgan fingerprint density at radius 1 is 1.07 bits per heavy atom. The molecule has 0 fully saturated rings. The Kier molecular flexibility index (Phi) is 12.3. The molecule has 1 amide bonds. The number of unbranched alkanes of at least 4 members (excludes halogenated alkanes) is 1. The Morgan fingerprint density at radius 3 is 2.41 bits per heavy atom. The molecule has 0 saturated carbocycles. The fourth-order valence-electron chi connectivity index (χ4n) is 2.48. The van der Waals surface area contributed by atoms with Crippen molar-refractivity contribution >= 4 is 23.8 Å². The first kappa shape index (κ1) is 23.2. The number of halogens is 1. The van der Waals surface area contributed by atoms with Crippen molar-refractivity contribution < 1.29 is 19.1 Å². The third-order valence-corrected chi connectivity index (χ3v) is 4.70. The second-order valence-electron chi connectivity index (χ2n) is 6.46. The second-order valence-corrected chi connectivity index (χ2v) is 6.68. The highest BCUT2D eigenvalue weighted by atomic mass is 35.5. The van der Waals surface area contributed by atoms with Crippen molar-refractivity contribution in [1.29, 1.82) is 0 Å². The van der Waals surface area contributed by atoms with E-state index in [0.717, 1.165) is 31.2 Å². The monoisotopic (exact) mass is 398 g/mol. The number of hydrogen-bond donors (Lipinski definition) is 2. The summed E-state index contributed by atoms with van der Waals surface area (Å²) in [6, 6.07) is 8.96. The summed E-state index contributed by atoms with van der Waals surface area (Å²) in [5.41, 5.74) is 0.940. The molecule has 2 N–H and O–H groups in total. The van der Waals surface area contributed by atoms with Crippen LogP contribution in [0.4, 0.5) is 4.79 Å². The van der Waals surface area contributed by atoms with Crippen molar-refractivity contribution in [3.63, 3.8) is 0 Å². The number of alkyl carbamates (subject to hydrolysis) is 1. The minimum Gasteiger partial charge on any atom is -0.464 e. The van der Waals surface area contributed by atoms with E-state index in [1.54, 1.807) is 0 Å². The van der Waals surface area contributed by atoms with Crippen molar-refractivity contribution in [2.45, 2.75) is 58.6 Å². The summed E-state index contributed by atoms with van der Waals surface area (Å²) in [5.74, 6) is 0.0585. The molecule has 152 valence electrons. The molecule has 0 radical (unpaired) electrons. The number of benzene rings is 1. The van der Waals surface area contributed by atoms with Crippen LogP contribution in [0, 0.1) is 5.92 Å². The van der Waals surface area contributed by atoms with Gasteiger partial charge in [-0.2, -0.15) is 0 Å². The number of esters is 1. The molecule has 0 aliphatic carbocycles. The molecule has 1 aromatic carbocycles. The van der Waals surface area contributed by atoms with Gasteiger partial charge in [0.25, 0.3) is 0 Å². The van der Waals surface area contributed by atoms with Gasteiger partial charge in [-0.25, -0.2) is 9.63 Å². The molecule has 27 heavy (non-hydrogen) atoms. The van der Waals surface area contributed by atoms with Gasteiger partial charge < -0.3 is 14.8 Å². The molecule has 0 unspecified atom stereocenters. The van der Waals surface area contributed by atoms with Crippen LogP contribution in [0.15, 0.2) is 30.3 Å². The van der Waals surface area contributed by atoms with E-state index >= 15 is 0 Å². The Labute approximate surface area is 167 Å². The minimum atomic E-state index is -0.536.